The number of hydrogen-bond donors (Lipinski definition) is 2. The molecule has 0 radical (unpaired) electrons. The predicted octanol–water partition coefficient (Wildman–Crippen LogP) is 4.06. The lowest BCUT2D eigenvalue weighted by Crippen LogP contribution is -2.14. The van der Waals surface area contributed by atoms with Gasteiger partial charge < -0.3 is 10.7 Å². The number of aromatic amines is 1. The normalized spacial score (nSPS) is 10.7. The number of aryl methyl sites for hydroxylation is 1. The predicted molar refractivity (Wildman–Crippen MR) is 116 cm³/mol. The van der Waals surface area contributed by atoms with Gasteiger partial charge in [0.1, 0.15) is 11.9 Å². The van der Waals surface area contributed by atoms with Gasteiger partial charge in [0, 0.05) is 17.5 Å². The summed E-state index contributed by atoms with van der Waals surface area (Å²) in [6.45, 7) is 0.0506. The van der Waals surface area contributed by atoms with E-state index in [4.69, 9.17) is 22.9 Å². The number of H-pyrrole nitrogens is 1. The molecule has 32 heavy (non-hydrogen) atoms. The second-order valence-corrected chi connectivity index (χ2v) is 7.13. The SMILES string of the molecule is Cn1ncc(-c2ccc3c(=O)[nH]c(CN)nc3c2)c1-c1c(F)c(Cl)cc(N=[N+]=[N-])c1C#N. The maximum atomic E-state index is 15.2. The van der Waals surface area contributed by atoms with Crippen LogP contribution in [-0.2, 0) is 13.6 Å². The number of hydrogen-bond acceptors (Lipinski definition) is 6. The Hall–Kier alpha value is -4.23. The molecule has 0 spiro atoms. The van der Waals surface area contributed by atoms with Crippen LogP contribution >= 0.6 is 11.6 Å². The highest BCUT2D eigenvalue weighted by atomic mass is 35.5. The molecule has 4 aromatic rings. The van der Waals surface area contributed by atoms with E-state index < -0.39 is 5.82 Å². The van der Waals surface area contributed by atoms with E-state index in [0.29, 0.717) is 27.9 Å². The molecule has 2 aromatic carbocycles. The van der Waals surface area contributed by atoms with E-state index in [1.807, 2.05) is 6.07 Å². The molecule has 10 nitrogen and oxygen atoms in total. The Labute approximate surface area is 184 Å². The summed E-state index contributed by atoms with van der Waals surface area (Å²) >= 11 is 6.02. The Morgan fingerprint density at radius 1 is 1.44 bits per heavy atom. The molecule has 0 saturated heterocycles. The lowest BCUT2D eigenvalue weighted by Gasteiger charge is -2.13. The Bertz CT molecular complexity index is 1540. The van der Waals surface area contributed by atoms with Crippen LogP contribution in [0.1, 0.15) is 11.4 Å². The molecule has 0 aliphatic rings. The van der Waals surface area contributed by atoms with Gasteiger partial charge in [-0.25, -0.2) is 9.37 Å². The van der Waals surface area contributed by atoms with Gasteiger partial charge in [-0.3, -0.25) is 9.48 Å². The molecular formula is C20H13ClFN9O. The average molecular weight is 450 g/mol. The molecule has 158 valence electrons. The van der Waals surface area contributed by atoms with Crippen LogP contribution in [0.25, 0.3) is 43.7 Å². The number of halogens is 2. The number of nitrogens with two attached hydrogens (primary N) is 1. The third-order valence-electron chi connectivity index (χ3n) is 4.90. The summed E-state index contributed by atoms with van der Waals surface area (Å²) in [6.07, 6.45) is 1.49. The molecular weight excluding hydrogens is 437 g/mol. The van der Waals surface area contributed by atoms with Crippen LogP contribution in [0.5, 0.6) is 0 Å². The molecule has 0 aliphatic carbocycles. The van der Waals surface area contributed by atoms with Crippen LogP contribution in [0.4, 0.5) is 10.1 Å². The Kier molecular flexibility index (Phi) is 5.34. The van der Waals surface area contributed by atoms with Crippen LogP contribution < -0.4 is 11.3 Å². The minimum absolute atomic E-state index is 0.0506. The van der Waals surface area contributed by atoms with Crippen LogP contribution in [0, 0.1) is 17.1 Å². The Morgan fingerprint density at radius 2 is 2.22 bits per heavy atom. The molecule has 2 heterocycles. The molecule has 0 bridgehead atoms. The van der Waals surface area contributed by atoms with Crippen LogP contribution in [0.2, 0.25) is 5.02 Å². The van der Waals surface area contributed by atoms with Gasteiger partial charge in [-0.1, -0.05) is 22.8 Å². The monoisotopic (exact) mass is 449 g/mol. The Morgan fingerprint density at radius 3 is 2.91 bits per heavy atom. The van der Waals surface area contributed by atoms with Gasteiger partial charge in [-0.2, -0.15) is 10.4 Å². The number of nitrogens with one attached hydrogen (secondary N) is 1. The molecule has 0 atom stereocenters. The molecule has 4 rings (SSSR count). The van der Waals surface area contributed by atoms with Gasteiger partial charge in [-0.05, 0) is 29.3 Å². The van der Waals surface area contributed by atoms with E-state index in [0.717, 1.165) is 6.07 Å². The second-order valence-electron chi connectivity index (χ2n) is 6.72. The number of nitriles is 1. The van der Waals surface area contributed by atoms with Crippen LogP contribution in [0.3, 0.4) is 0 Å². The summed E-state index contributed by atoms with van der Waals surface area (Å²) < 4.78 is 16.6. The van der Waals surface area contributed by atoms with Crippen molar-refractivity contribution in [3.63, 3.8) is 0 Å². The summed E-state index contributed by atoms with van der Waals surface area (Å²) in [7, 11) is 1.57. The van der Waals surface area contributed by atoms with Gasteiger partial charge in [0.05, 0.1) is 51.2 Å². The zero-order valence-corrected chi connectivity index (χ0v) is 17.2. The molecule has 2 aromatic heterocycles. The van der Waals surface area contributed by atoms with Crippen molar-refractivity contribution in [3.8, 4) is 28.5 Å². The van der Waals surface area contributed by atoms with Crippen LogP contribution in [-0.4, -0.2) is 19.7 Å². The first-order chi connectivity index (χ1) is 15.4. The highest BCUT2D eigenvalue weighted by molar-refractivity contribution is 6.31. The van der Waals surface area contributed by atoms with Gasteiger partial charge in [0.25, 0.3) is 5.56 Å². The maximum Gasteiger partial charge on any atom is 0.258 e. The minimum atomic E-state index is -0.856. The van der Waals surface area contributed by atoms with E-state index >= 15 is 4.39 Å². The van der Waals surface area contributed by atoms with Crippen molar-refractivity contribution in [2.75, 3.05) is 0 Å². The first-order valence-corrected chi connectivity index (χ1v) is 9.50. The molecule has 0 saturated carbocycles. The van der Waals surface area contributed by atoms with Gasteiger partial charge in [-0.15, -0.1) is 0 Å². The fraction of sp³-hybridized carbons (Fsp3) is 0.100. The molecule has 3 N–H and O–H groups in total. The first kappa shape index (κ1) is 21.0. The Balaban J connectivity index is 2.04. The number of benzene rings is 2. The molecule has 0 aliphatic heterocycles. The van der Waals surface area contributed by atoms with E-state index in [1.54, 1.807) is 25.2 Å². The fourth-order valence-electron chi connectivity index (χ4n) is 3.47. The fourth-order valence-corrected chi connectivity index (χ4v) is 3.67. The minimum Gasteiger partial charge on any atom is -0.324 e. The summed E-state index contributed by atoms with van der Waals surface area (Å²) in [5.41, 5.74) is 15.3. The highest BCUT2D eigenvalue weighted by Gasteiger charge is 2.24. The first-order valence-electron chi connectivity index (χ1n) is 9.12. The zero-order chi connectivity index (χ0) is 23.0. The largest absolute Gasteiger partial charge is 0.324 e. The van der Waals surface area contributed by atoms with Crippen molar-refractivity contribution in [2.45, 2.75) is 6.54 Å². The maximum absolute atomic E-state index is 15.2. The smallest absolute Gasteiger partial charge is 0.258 e. The molecule has 12 heteroatoms. The van der Waals surface area contributed by atoms with Crippen molar-refractivity contribution in [1.82, 2.24) is 19.7 Å². The average Bonchev–Trinajstić information content (AvgIpc) is 3.16. The van der Waals surface area contributed by atoms with Crippen molar-refractivity contribution in [1.29, 1.82) is 5.26 Å². The molecule has 0 fully saturated rings. The van der Waals surface area contributed by atoms with Gasteiger partial charge in [0.15, 0.2) is 5.82 Å². The number of nitrogens with zero attached hydrogens (tertiary/aromatic N) is 7. The molecule has 0 unspecified atom stereocenters. The lowest BCUT2D eigenvalue weighted by molar-refractivity contribution is 0.628. The number of aromatic nitrogens is 4. The second kappa shape index (κ2) is 8.13. The summed E-state index contributed by atoms with van der Waals surface area (Å²) in [4.78, 5) is 21.9. The zero-order valence-electron chi connectivity index (χ0n) is 16.5. The van der Waals surface area contributed by atoms with E-state index in [2.05, 4.69) is 25.1 Å². The van der Waals surface area contributed by atoms with Gasteiger partial charge in [0.2, 0.25) is 0 Å². The lowest BCUT2D eigenvalue weighted by atomic mass is 9.96. The number of fused-ring (bicyclic) bond motifs is 1. The topological polar surface area (TPSA) is 162 Å². The quantitative estimate of drug-likeness (QED) is 0.272. The van der Waals surface area contributed by atoms with Crippen molar-refractivity contribution < 1.29 is 4.39 Å². The third-order valence-corrected chi connectivity index (χ3v) is 5.17. The highest BCUT2D eigenvalue weighted by Crippen LogP contribution is 2.41. The summed E-state index contributed by atoms with van der Waals surface area (Å²) in [6, 6.07) is 7.86. The van der Waals surface area contributed by atoms with Gasteiger partial charge >= 0.3 is 0 Å². The van der Waals surface area contributed by atoms with Crippen molar-refractivity contribution in [3.05, 3.63) is 73.5 Å². The van der Waals surface area contributed by atoms with E-state index in [1.165, 1.54) is 10.9 Å². The number of azide groups is 1. The third kappa shape index (κ3) is 3.34. The van der Waals surface area contributed by atoms with E-state index in [9.17, 15) is 10.1 Å². The summed E-state index contributed by atoms with van der Waals surface area (Å²) in [5, 5.41) is 17.4. The van der Waals surface area contributed by atoms with Crippen LogP contribution in [0.15, 0.2) is 40.4 Å². The summed E-state index contributed by atoms with van der Waals surface area (Å²) in [5.74, 6) is -0.538. The van der Waals surface area contributed by atoms with Crippen molar-refractivity contribution in [2.24, 2.45) is 17.9 Å². The molecule has 0 amide bonds. The number of rotatable bonds is 4. The van der Waals surface area contributed by atoms with E-state index in [-0.39, 0.29) is 39.6 Å². The van der Waals surface area contributed by atoms with Crippen molar-refractivity contribution >= 4 is 28.2 Å². The standard InChI is InChI=1S/C20H13ClFN9O/c1-31-19(17-11(6-23)15(29-30-25)5-13(21)18(17)22)12(8-26-31)9-2-3-10-14(4-9)27-16(7-24)28-20(10)32/h2-5,8H,7,24H2,1H3,(H,27,28,32).